The summed E-state index contributed by atoms with van der Waals surface area (Å²) in [7, 11) is 0. The van der Waals surface area contributed by atoms with Crippen LogP contribution in [0.3, 0.4) is 0 Å². The lowest BCUT2D eigenvalue weighted by atomic mass is 9.93. The molecular formula is C18H26N2O4. The number of nitrogens with one attached hydrogen (secondary N) is 1. The monoisotopic (exact) mass is 334 g/mol. The van der Waals surface area contributed by atoms with Gasteiger partial charge in [-0.15, -0.1) is 0 Å². The van der Waals surface area contributed by atoms with Crippen LogP contribution in [0.15, 0.2) is 24.3 Å². The van der Waals surface area contributed by atoms with E-state index < -0.39 is 17.2 Å². The lowest BCUT2D eigenvalue weighted by Crippen LogP contribution is -2.47. The molecule has 132 valence electrons. The van der Waals surface area contributed by atoms with Crippen LogP contribution in [0, 0.1) is 0 Å². The van der Waals surface area contributed by atoms with E-state index in [1.807, 2.05) is 24.3 Å². The number of carbonyl (C=O) groups excluding carboxylic acids is 2. The van der Waals surface area contributed by atoms with Gasteiger partial charge in [-0.05, 0) is 45.4 Å². The molecule has 0 saturated carbocycles. The quantitative estimate of drug-likeness (QED) is 0.857. The zero-order chi connectivity index (χ0) is 17.8. The molecule has 2 rings (SSSR count). The molecule has 24 heavy (non-hydrogen) atoms. The Bertz CT molecular complexity index is 574. The number of amides is 1. The maximum Gasteiger partial charge on any atom is 0.408 e. The van der Waals surface area contributed by atoms with E-state index in [2.05, 4.69) is 10.2 Å². The summed E-state index contributed by atoms with van der Waals surface area (Å²) in [5.41, 5.74) is 0.0351. The van der Waals surface area contributed by atoms with Gasteiger partial charge in [-0.3, -0.25) is 0 Å². The third kappa shape index (κ3) is 4.71. The average Bonchev–Trinajstić information content (AvgIpc) is 2.54. The molecule has 1 amide bonds. The number of carbonyl (C=O) groups is 2. The van der Waals surface area contributed by atoms with Crippen molar-refractivity contribution < 1.29 is 19.1 Å². The Kier molecular flexibility index (Phi) is 5.49. The van der Waals surface area contributed by atoms with Crippen molar-refractivity contribution in [2.24, 2.45) is 0 Å². The van der Waals surface area contributed by atoms with Gasteiger partial charge in [-0.25, -0.2) is 4.79 Å². The molecule has 1 fully saturated rings. The Morgan fingerprint density at radius 2 is 1.75 bits per heavy atom. The van der Waals surface area contributed by atoms with Crippen molar-refractivity contribution in [1.82, 2.24) is 5.32 Å². The molecule has 1 aliphatic heterocycles. The largest absolute Gasteiger partial charge is 0.444 e. The molecule has 1 unspecified atom stereocenters. The highest BCUT2D eigenvalue weighted by atomic mass is 16.6. The van der Waals surface area contributed by atoms with E-state index in [1.54, 1.807) is 27.7 Å². The lowest BCUT2D eigenvalue weighted by Gasteiger charge is -2.30. The standard InChI is InChI=1S/C18H26N2O4/c1-17(2,3)24-16(22)19-18(4,13-21)14-5-7-15(8-6-14)20-9-11-23-12-10-20/h5-8,13H,9-12H2,1-4H3,(H,19,22). The Labute approximate surface area is 143 Å². The molecule has 1 N–H and O–H groups in total. The van der Waals surface area contributed by atoms with Crippen molar-refractivity contribution in [3.05, 3.63) is 29.8 Å². The van der Waals surface area contributed by atoms with E-state index in [9.17, 15) is 9.59 Å². The van der Waals surface area contributed by atoms with Crippen molar-refractivity contribution in [1.29, 1.82) is 0 Å². The Morgan fingerprint density at radius 1 is 1.17 bits per heavy atom. The van der Waals surface area contributed by atoms with Crippen LogP contribution in [-0.2, 0) is 19.8 Å². The molecule has 0 bridgehead atoms. The number of morpholine rings is 1. The van der Waals surface area contributed by atoms with E-state index >= 15 is 0 Å². The maximum atomic E-state index is 12.0. The molecule has 0 spiro atoms. The molecular weight excluding hydrogens is 308 g/mol. The fourth-order valence-electron chi connectivity index (χ4n) is 2.53. The number of alkyl carbamates (subject to hydrolysis) is 1. The molecule has 1 heterocycles. The van der Waals surface area contributed by atoms with Gasteiger partial charge >= 0.3 is 6.09 Å². The maximum absolute atomic E-state index is 12.0. The van der Waals surface area contributed by atoms with Crippen LogP contribution in [0.5, 0.6) is 0 Å². The Hall–Kier alpha value is -2.08. The highest BCUT2D eigenvalue weighted by Gasteiger charge is 2.30. The number of anilines is 1. The first-order chi connectivity index (χ1) is 11.2. The third-order valence-corrected chi connectivity index (χ3v) is 3.84. The van der Waals surface area contributed by atoms with Crippen molar-refractivity contribution in [3.8, 4) is 0 Å². The summed E-state index contributed by atoms with van der Waals surface area (Å²) in [4.78, 5) is 25.9. The fraction of sp³-hybridized carbons (Fsp3) is 0.556. The lowest BCUT2D eigenvalue weighted by molar-refractivity contribution is -0.113. The van der Waals surface area contributed by atoms with E-state index in [0.29, 0.717) is 18.8 Å². The van der Waals surface area contributed by atoms with E-state index in [4.69, 9.17) is 9.47 Å². The van der Waals surface area contributed by atoms with Gasteiger partial charge in [0.1, 0.15) is 17.4 Å². The summed E-state index contributed by atoms with van der Waals surface area (Å²) in [5.74, 6) is 0. The van der Waals surface area contributed by atoms with Gasteiger partial charge in [0.05, 0.1) is 13.2 Å². The summed E-state index contributed by atoms with van der Waals surface area (Å²) >= 11 is 0. The number of hydrogen-bond donors (Lipinski definition) is 1. The van der Waals surface area contributed by atoms with Gasteiger partial charge in [0.2, 0.25) is 0 Å². The summed E-state index contributed by atoms with van der Waals surface area (Å²) in [6.45, 7) is 10.1. The first kappa shape index (κ1) is 18.3. The topological polar surface area (TPSA) is 67.9 Å². The van der Waals surface area contributed by atoms with Gasteiger partial charge in [-0.2, -0.15) is 0 Å². The highest BCUT2D eigenvalue weighted by molar-refractivity contribution is 5.78. The zero-order valence-corrected chi connectivity index (χ0v) is 14.8. The summed E-state index contributed by atoms with van der Waals surface area (Å²) in [6.07, 6.45) is 0.107. The fourth-order valence-corrected chi connectivity index (χ4v) is 2.53. The predicted octanol–water partition coefficient (Wildman–Crippen LogP) is 2.46. The number of ether oxygens (including phenoxy) is 2. The minimum atomic E-state index is -1.13. The Morgan fingerprint density at radius 3 is 2.25 bits per heavy atom. The van der Waals surface area contributed by atoms with Gasteiger partial charge in [-0.1, -0.05) is 12.1 Å². The van der Waals surface area contributed by atoms with Crippen LogP contribution < -0.4 is 10.2 Å². The average molecular weight is 334 g/mol. The smallest absolute Gasteiger partial charge is 0.408 e. The van der Waals surface area contributed by atoms with Crippen molar-refractivity contribution in [2.75, 3.05) is 31.2 Å². The molecule has 6 heteroatoms. The van der Waals surface area contributed by atoms with Crippen LogP contribution in [0.25, 0.3) is 0 Å². The van der Waals surface area contributed by atoms with Crippen molar-refractivity contribution >= 4 is 18.1 Å². The van der Waals surface area contributed by atoms with Crippen LogP contribution in [0.4, 0.5) is 10.5 Å². The van der Waals surface area contributed by atoms with Crippen LogP contribution >= 0.6 is 0 Å². The first-order valence-electron chi connectivity index (χ1n) is 8.14. The van der Waals surface area contributed by atoms with Gasteiger partial charge in [0, 0.05) is 18.8 Å². The first-order valence-corrected chi connectivity index (χ1v) is 8.14. The molecule has 0 radical (unpaired) electrons. The minimum absolute atomic E-state index is 0.616. The number of nitrogens with zero attached hydrogens (tertiary/aromatic N) is 1. The van der Waals surface area contributed by atoms with Gasteiger partial charge in [0.25, 0.3) is 0 Å². The Balaban J connectivity index is 2.11. The van der Waals surface area contributed by atoms with Crippen molar-refractivity contribution in [2.45, 2.75) is 38.8 Å². The van der Waals surface area contributed by atoms with E-state index in [0.717, 1.165) is 25.1 Å². The predicted molar refractivity (Wildman–Crippen MR) is 92.3 cm³/mol. The number of rotatable bonds is 4. The third-order valence-electron chi connectivity index (χ3n) is 3.84. The normalized spacial score (nSPS) is 17.8. The van der Waals surface area contributed by atoms with Crippen LogP contribution in [-0.4, -0.2) is 44.3 Å². The summed E-state index contributed by atoms with van der Waals surface area (Å²) < 4.78 is 10.6. The van der Waals surface area contributed by atoms with Gasteiger partial charge < -0.3 is 24.5 Å². The van der Waals surface area contributed by atoms with Gasteiger partial charge in [0.15, 0.2) is 0 Å². The summed E-state index contributed by atoms with van der Waals surface area (Å²) in [6, 6.07) is 7.63. The molecule has 1 aliphatic rings. The number of hydrogen-bond acceptors (Lipinski definition) is 5. The second kappa shape index (κ2) is 7.21. The molecule has 0 aromatic heterocycles. The molecule has 1 aromatic carbocycles. The van der Waals surface area contributed by atoms with E-state index in [1.165, 1.54) is 0 Å². The summed E-state index contributed by atoms with van der Waals surface area (Å²) in [5, 5.41) is 2.65. The number of benzene rings is 1. The zero-order valence-electron chi connectivity index (χ0n) is 14.8. The molecule has 1 atom stereocenters. The molecule has 6 nitrogen and oxygen atoms in total. The highest BCUT2D eigenvalue weighted by Crippen LogP contribution is 2.23. The SMILES string of the molecule is CC(C)(C)OC(=O)NC(C)(C=O)c1ccc(N2CCOCC2)cc1. The van der Waals surface area contributed by atoms with Crippen LogP contribution in [0.1, 0.15) is 33.3 Å². The number of aldehydes is 1. The van der Waals surface area contributed by atoms with Crippen LogP contribution in [0.2, 0.25) is 0 Å². The van der Waals surface area contributed by atoms with Crippen molar-refractivity contribution in [3.63, 3.8) is 0 Å². The second-order valence-corrected chi connectivity index (χ2v) is 7.09. The second-order valence-electron chi connectivity index (χ2n) is 7.09. The molecule has 0 aliphatic carbocycles. The molecule has 1 saturated heterocycles. The molecule has 1 aromatic rings. The van der Waals surface area contributed by atoms with E-state index in [-0.39, 0.29) is 0 Å². The minimum Gasteiger partial charge on any atom is -0.444 e.